The Hall–Kier alpha value is -1.95. The molecule has 0 spiro atoms. The van der Waals surface area contributed by atoms with Gasteiger partial charge in [-0.1, -0.05) is 24.4 Å². The van der Waals surface area contributed by atoms with Crippen LogP contribution in [0.15, 0.2) is 18.3 Å². The molecule has 1 unspecified atom stereocenters. The molecule has 1 aliphatic carbocycles. The van der Waals surface area contributed by atoms with Crippen LogP contribution in [0.2, 0.25) is 5.15 Å². The van der Waals surface area contributed by atoms with E-state index in [1.54, 1.807) is 0 Å². The number of pyridine rings is 1. The van der Waals surface area contributed by atoms with Crippen LogP contribution < -0.4 is 0 Å². The van der Waals surface area contributed by atoms with Crippen LogP contribution in [0.1, 0.15) is 55.5 Å². The summed E-state index contributed by atoms with van der Waals surface area (Å²) < 4.78 is 15.3. The normalized spacial score (nSPS) is 20.4. The number of nitrogens with zero attached hydrogens (tertiary/aromatic N) is 4. The number of hydrogen-bond acceptors (Lipinski definition) is 3. The van der Waals surface area contributed by atoms with Crippen LogP contribution in [-0.4, -0.2) is 31.6 Å². The Morgan fingerprint density at radius 2 is 2.12 bits per heavy atom. The molecule has 138 valence electrons. The van der Waals surface area contributed by atoms with Gasteiger partial charge in [0.25, 0.3) is 0 Å². The molecule has 1 amide bonds. The van der Waals surface area contributed by atoms with Crippen molar-refractivity contribution in [1.82, 2.24) is 19.7 Å². The molecule has 1 aliphatic heterocycles. The van der Waals surface area contributed by atoms with Gasteiger partial charge >= 0.3 is 0 Å². The molecule has 0 N–H and O–H groups in total. The highest BCUT2D eigenvalue weighted by molar-refractivity contribution is 6.29. The zero-order valence-corrected chi connectivity index (χ0v) is 15.5. The first-order valence-electron chi connectivity index (χ1n) is 9.18. The number of fused-ring (bicyclic) bond motifs is 1. The molecule has 7 heteroatoms. The highest BCUT2D eigenvalue weighted by Gasteiger charge is 2.32. The van der Waals surface area contributed by atoms with Crippen LogP contribution >= 0.6 is 11.6 Å². The summed E-state index contributed by atoms with van der Waals surface area (Å²) in [6, 6.07) is 2.83. The van der Waals surface area contributed by atoms with Gasteiger partial charge in [0.2, 0.25) is 5.91 Å². The van der Waals surface area contributed by atoms with Crippen LogP contribution in [0.4, 0.5) is 4.39 Å². The highest BCUT2D eigenvalue weighted by Crippen LogP contribution is 2.37. The molecule has 0 radical (unpaired) electrons. The molecule has 0 saturated heterocycles. The van der Waals surface area contributed by atoms with Crippen LogP contribution in [-0.2, 0) is 24.3 Å². The van der Waals surface area contributed by atoms with Gasteiger partial charge in [-0.05, 0) is 43.4 Å². The van der Waals surface area contributed by atoms with Gasteiger partial charge in [0.05, 0.1) is 37.1 Å². The van der Waals surface area contributed by atoms with Gasteiger partial charge in [0.15, 0.2) is 11.0 Å². The van der Waals surface area contributed by atoms with Crippen molar-refractivity contribution in [2.45, 2.75) is 64.1 Å². The Morgan fingerprint density at radius 1 is 1.35 bits per heavy atom. The minimum atomic E-state index is -0.570. The van der Waals surface area contributed by atoms with Gasteiger partial charge in [-0.15, -0.1) is 0 Å². The van der Waals surface area contributed by atoms with E-state index in [1.165, 1.54) is 43.4 Å². The van der Waals surface area contributed by atoms with E-state index in [9.17, 15) is 9.18 Å². The lowest BCUT2D eigenvalue weighted by molar-refractivity contribution is -0.134. The van der Waals surface area contributed by atoms with Crippen molar-refractivity contribution in [2.24, 2.45) is 0 Å². The fraction of sp³-hybridized carbons (Fsp3) is 0.526. The maximum atomic E-state index is 13.3. The van der Waals surface area contributed by atoms with E-state index in [0.29, 0.717) is 24.7 Å². The lowest BCUT2D eigenvalue weighted by atomic mass is 9.97. The van der Waals surface area contributed by atoms with Gasteiger partial charge in [-0.25, -0.2) is 9.37 Å². The molecule has 0 bridgehead atoms. The predicted octanol–water partition coefficient (Wildman–Crippen LogP) is 3.70. The Labute approximate surface area is 157 Å². The van der Waals surface area contributed by atoms with Gasteiger partial charge in [0.1, 0.15) is 0 Å². The van der Waals surface area contributed by atoms with Crippen LogP contribution in [0.5, 0.6) is 0 Å². The van der Waals surface area contributed by atoms with Gasteiger partial charge in [-0.3, -0.25) is 9.48 Å². The van der Waals surface area contributed by atoms with Gasteiger partial charge in [0, 0.05) is 6.04 Å². The third-order valence-electron chi connectivity index (χ3n) is 5.58. The summed E-state index contributed by atoms with van der Waals surface area (Å²) >= 11 is 5.73. The Morgan fingerprint density at radius 3 is 2.85 bits per heavy atom. The fourth-order valence-corrected chi connectivity index (χ4v) is 4.31. The van der Waals surface area contributed by atoms with E-state index < -0.39 is 5.82 Å². The third kappa shape index (κ3) is 3.22. The average Bonchev–Trinajstić information content (AvgIpc) is 3.26. The molecule has 1 atom stereocenters. The molecular formula is C19H22ClFN4O. The molecule has 1 fully saturated rings. The zero-order valence-electron chi connectivity index (χ0n) is 14.8. The molecular weight excluding hydrogens is 355 g/mol. The lowest BCUT2D eigenvalue weighted by Gasteiger charge is -2.35. The topological polar surface area (TPSA) is 51.0 Å². The van der Waals surface area contributed by atoms with Crippen molar-refractivity contribution in [3.8, 4) is 0 Å². The van der Waals surface area contributed by atoms with Crippen molar-refractivity contribution in [1.29, 1.82) is 0 Å². The molecule has 5 nitrogen and oxygen atoms in total. The second-order valence-electron chi connectivity index (χ2n) is 7.33. The quantitative estimate of drug-likeness (QED) is 0.767. The van der Waals surface area contributed by atoms with Crippen molar-refractivity contribution >= 4 is 17.5 Å². The molecule has 2 aromatic rings. The second kappa shape index (κ2) is 6.99. The van der Waals surface area contributed by atoms with Gasteiger partial charge in [-0.2, -0.15) is 5.10 Å². The molecule has 26 heavy (non-hydrogen) atoms. The zero-order chi connectivity index (χ0) is 18.3. The van der Waals surface area contributed by atoms with E-state index in [-0.39, 0.29) is 23.5 Å². The van der Waals surface area contributed by atoms with E-state index in [2.05, 4.69) is 14.8 Å². The number of hydrogen-bond donors (Lipinski definition) is 0. The first kappa shape index (κ1) is 17.5. The largest absolute Gasteiger partial charge is 0.332 e. The van der Waals surface area contributed by atoms with Crippen molar-refractivity contribution in [3.05, 3.63) is 46.3 Å². The summed E-state index contributed by atoms with van der Waals surface area (Å²) in [7, 11) is 0. The Kier molecular flexibility index (Phi) is 4.69. The molecule has 2 aromatic heterocycles. The summed E-state index contributed by atoms with van der Waals surface area (Å²) in [6.07, 6.45) is 7.07. The summed E-state index contributed by atoms with van der Waals surface area (Å²) in [6.45, 7) is 3.30. The summed E-state index contributed by atoms with van der Waals surface area (Å²) in [5, 5.41) is 4.37. The van der Waals surface area contributed by atoms with E-state index in [0.717, 1.165) is 5.69 Å². The van der Waals surface area contributed by atoms with E-state index in [1.807, 2.05) is 18.0 Å². The summed E-state index contributed by atoms with van der Waals surface area (Å²) in [5.41, 5.74) is 2.95. The number of rotatable bonds is 3. The first-order valence-corrected chi connectivity index (χ1v) is 9.55. The molecule has 3 heterocycles. The minimum Gasteiger partial charge on any atom is -0.332 e. The summed E-state index contributed by atoms with van der Waals surface area (Å²) in [5.74, 6) is -0.0153. The smallest absolute Gasteiger partial charge is 0.229 e. The number of carbonyl (C=O) groups is 1. The van der Waals surface area contributed by atoms with Gasteiger partial charge < -0.3 is 4.90 Å². The van der Waals surface area contributed by atoms with Crippen molar-refractivity contribution < 1.29 is 9.18 Å². The first-order chi connectivity index (χ1) is 12.5. The van der Waals surface area contributed by atoms with E-state index in [4.69, 9.17) is 11.6 Å². The van der Waals surface area contributed by atoms with Crippen molar-refractivity contribution in [2.75, 3.05) is 0 Å². The maximum absolute atomic E-state index is 13.3. The molecule has 2 aliphatic rings. The average molecular weight is 377 g/mol. The molecule has 0 aromatic carbocycles. The standard InChI is InChI=1S/C19H22ClFN4O/c1-12-10-25-17(15(9-22-25)13-4-2-3-5-13)11-24(12)18(26)8-14-6-7-16(21)19(20)23-14/h6-7,9,12-13H,2-5,8,10-11H2,1H3. The minimum absolute atomic E-state index is 0.0162. The second-order valence-corrected chi connectivity index (χ2v) is 7.69. The van der Waals surface area contributed by atoms with E-state index >= 15 is 0 Å². The number of carbonyl (C=O) groups excluding carboxylic acids is 1. The number of aromatic nitrogens is 3. The maximum Gasteiger partial charge on any atom is 0.229 e. The SMILES string of the molecule is CC1Cn2ncc(C3CCCC3)c2CN1C(=O)Cc1ccc(F)c(Cl)n1. The summed E-state index contributed by atoms with van der Waals surface area (Å²) in [4.78, 5) is 18.7. The highest BCUT2D eigenvalue weighted by atomic mass is 35.5. The monoisotopic (exact) mass is 376 g/mol. The molecule has 4 rings (SSSR count). The van der Waals surface area contributed by atoms with Crippen LogP contribution in [0.3, 0.4) is 0 Å². The Bertz CT molecular complexity index is 831. The number of halogens is 2. The predicted molar refractivity (Wildman–Crippen MR) is 96.4 cm³/mol. The lowest BCUT2D eigenvalue weighted by Crippen LogP contribution is -2.46. The number of amides is 1. The third-order valence-corrected chi connectivity index (χ3v) is 5.84. The van der Waals surface area contributed by atoms with Crippen LogP contribution in [0.25, 0.3) is 0 Å². The Balaban J connectivity index is 1.53. The molecule has 1 saturated carbocycles. The van der Waals surface area contributed by atoms with Crippen LogP contribution in [0, 0.1) is 5.82 Å². The fourth-order valence-electron chi connectivity index (χ4n) is 4.14. The van der Waals surface area contributed by atoms with Crippen molar-refractivity contribution in [3.63, 3.8) is 0 Å².